The van der Waals surface area contributed by atoms with E-state index >= 15 is 0 Å². The van der Waals surface area contributed by atoms with E-state index in [0.29, 0.717) is 6.42 Å². The summed E-state index contributed by atoms with van der Waals surface area (Å²) in [5.74, 6) is -0.822. The second-order valence-electron chi connectivity index (χ2n) is 7.08. The van der Waals surface area contributed by atoms with Crippen LogP contribution >= 0.6 is 15.9 Å². The van der Waals surface area contributed by atoms with Crippen molar-refractivity contribution in [2.45, 2.75) is 56.9 Å². The second-order valence-corrected chi connectivity index (χ2v) is 8.00. The summed E-state index contributed by atoms with van der Waals surface area (Å²) in [5.41, 5.74) is -0.303. The molecule has 5 heteroatoms. The van der Waals surface area contributed by atoms with Crippen LogP contribution in [0.1, 0.15) is 51.0 Å². The third kappa shape index (κ3) is 2.69. The SMILES string of the molecule is CC1(C(=O)O)CCCC1NC(=O)C1(c2ccc(Br)cc2)CCC1. The number of halogens is 1. The Morgan fingerprint density at radius 3 is 2.35 bits per heavy atom. The molecule has 0 aliphatic heterocycles. The molecule has 2 aliphatic rings. The van der Waals surface area contributed by atoms with Crippen LogP contribution in [0.5, 0.6) is 0 Å². The lowest BCUT2D eigenvalue weighted by molar-refractivity contribution is -0.149. The van der Waals surface area contributed by atoms with Crippen LogP contribution in [0.2, 0.25) is 0 Å². The first-order valence-corrected chi connectivity index (χ1v) is 8.98. The number of carboxylic acids is 1. The molecule has 0 heterocycles. The predicted octanol–water partition coefficient (Wildman–Crippen LogP) is 3.63. The molecule has 2 fully saturated rings. The molecule has 1 amide bonds. The van der Waals surface area contributed by atoms with E-state index in [-0.39, 0.29) is 11.9 Å². The first-order chi connectivity index (χ1) is 10.9. The highest BCUT2D eigenvalue weighted by Crippen LogP contribution is 2.45. The summed E-state index contributed by atoms with van der Waals surface area (Å²) in [5, 5.41) is 12.6. The number of hydrogen-bond acceptors (Lipinski definition) is 2. The van der Waals surface area contributed by atoms with Gasteiger partial charge in [-0.25, -0.2) is 0 Å². The van der Waals surface area contributed by atoms with E-state index in [1.165, 1.54) is 0 Å². The van der Waals surface area contributed by atoms with Crippen molar-refractivity contribution in [2.75, 3.05) is 0 Å². The predicted molar refractivity (Wildman–Crippen MR) is 91.2 cm³/mol. The number of carbonyl (C=O) groups is 2. The van der Waals surface area contributed by atoms with Gasteiger partial charge in [-0.2, -0.15) is 0 Å². The molecule has 2 aliphatic carbocycles. The van der Waals surface area contributed by atoms with Gasteiger partial charge in [-0.1, -0.05) is 40.9 Å². The summed E-state index contributed by atoms with van der Waals surface area (Å²) in [6, 6.07) is 7.63. The van der Waals surface area contributed by atoms with Gasteiger partial charge in [0.05, 0.1) is 10.8 Å². The van der Waals surface area contributed by atoms with Crippen molar-refractivity contribution in [1.29, 1.82) is 0 Å². The molecule has 0 bridgehead atoms. The van der Waals surface area contributed by atoms with Gasteiger partial charge in [0.15, 0.2) is 0 Å². The maximum Gasteiger partial charge on any atom is 0.311 e. The van der Waals surface area contributed by atoms with E-state index in [4.69, 9.17) is 0 Å². The molecule has 2 atom stereocenters. The number of amides is 1. The van der Waals surface area contributed by atoms with E-state index in [1.54, 1.807) is 6.92 Å². The van der Waals surface area contributed by atoms with Crippen LogP contribution in [0.3, 0.4) is 0 Å². The number of rotatable bonds is 4. The average Bonchev–Trinajstić information content (AvgIpc) is 2.82. The fourth-order valence-electron chi connectivity index (χ4n) is 3.90. The quantitative estimate of drug-likeness (QED) is 0.838. The summed E-state index contributed by atoms with van der Waals surface area (Å²) in [6.45, 7) is 1.75. The Balaban J connectivity index is 1.81. The van der Waals surface area contributed by atoms with Gasteiger partial charge in [0, 0.05) is 10.5 Å². The summed E-state index contributed by atoms with van der Waals surface area (Å²) in [4.78, 5) is 24.6. The zero-order chi connectivity index (χ0) is 16.7. The van der Waals surface area contributed by atoms with Gasteiger partial charge in [-0.15, -0.1) is 0 Å². The molecule has 2 N–H and O–H groups in total. The van der Waals surface area contributed by atoms with E-state index in [2.05, 4.69) is 21.2 Å². The van der Waals surface area contributed by atoms with Crippen LogP contribution in [-0.2, 0) is 15.0 Å². The van der Waals surface area contributed by atoms with Crippen LogP contribution in [0.25, 0.3) is 0 Å². The third-order valence-corrected chi connectivity index (χ3v) is 6.32. The number of nitrogens with one attached hydrogen (secondary N) is 1. The molecule has 23 heavy (non-hydrogen) atoms. The molecule has 0 spiro atoms. The van der Waals surface area contributed by atoms with Crippen molar-refractivity contribution < 1.29 is 14.7 Å². The topological polar surface area (TPSA) is 66.4 Å². The highest BCUT2D eigenvalue weighted by atomic mass is 79.9. The zero-order valence-corrected chi connectivity index (χ0v) is 14.9. The Morgan fingerprint density at radius 1 is 1.17 bits per heavy atom. The number of aliphatic carboxylic acids is 1. The Morgan fingerprint density at radius 2 is 1.83 bits per heavy atom. The van der Waals surface area contributed by atoms with E-state index < -0.39 is 16.8 Å². The molecule has 1 aromatic carbocycles. The van der Waals surface area contributed by atoms with Gasteiger partial charge in [-0.05, 0) is 50.3 Å². The Bertz CT molecular complexity index is 624. The minimum absolute atomic E-state index is 0.00884. The molecule has 0 radical (unpaired) electrons. The molecule has 0 saturated heterocycles. The molecule has 3 rings (SSSR count). The van der Waals surface area contributed by atoms with Crippen LogP contribution < -0.4 is 5.32 Å². The Kier molecular flexibility index (Phi) is 4.25. The first kappa shape index (κ1) is 16.5. The van der Waals surface area contributed by atoms with Gasteiger partial charge < -0.3 is 10.4 Å². The average molecular weight is 380 g/mol. The van der Waals surface area contributed by atoms with Crippen molar-refractivity contribution in [3.63, 3.8) is 0 Å². The molecular weight excluding hydrogens is 358 g/mol. The number of hydrogen-bond donors (Lipinski definition) is 2. The smallest absolute Gasteiger partial charge is 0.311 e. The Hall–Kier alpha value is -1.36. The fraction of sp³-hybridized carbons (Fsp3) is 0.556. The summed E-state index contributed by atoms with van der Waals surface area (Å²) < 4.78 is 0.991. The largest absolute Gasteiger partial charge is 0.481 e. The summed E-state index contributed by atoms with van der Waals surface area (Å²) in [6.07, 6.45) is 4.90. The van der Waals surface area contributed by atoms with Crippen molar-refractivity contribution in [3.05, 3.63) is 34.3 Å². The van der Waals surface area contributed by atoms with Crippen molar-refractivity contribution in [2.24, 2.45) is 5.41 Å². The first-order valence-electron chi connectivity index (χ1n) is 8.19. The van der Waals surface area contributed by atoms with Crippen molar-refractivity contribution in [3.8, 4) is 0 Å². The van der Waals surface area contributed by atoms with Gasteiger partial charge in [-0.3, -0.25) is 9.59 Å². The van der Waals surface area contributed by atoms with Gasteiger partial charge >= 0.3 is 5.97 Å². The van der Waals surface area contributed by atoms with E-state index in [0.717, 1.165) is 42.1 Å². The minimum Gasteiger partial charge on any atom is -0.481 e. The maximum atomic E-state index is 13.0. The van der Waals surface area contributed by atoms with Gasteiger partial charge in [0.2, 0.25) is 5.91 Å². The zero-order valence-electron chi connectivity index (χ0n) is 13.3. The lowest BCUT2D eigenvalue weighted by Gasteiger charge is -2.42. The molecular formula is C18H22BrNO3. The van der Waals surface area contributed by atoms with E-state index in [1.807, 2.05) is 24.3 Å². The van der Waals surface area contributed by atoms with Crippen LogP contribution in [0.4, 0.5) is 0 Å². The highest BCUT2D eigenvalue weighted by Gasteiger charge is 2.50. The number of carboxylic acid groups (broad SMARTS) is 1. The van der Waals surface area contributed by atoms with Crippen LogP contribution in [-0.4, -0.2) is 23.0 Å². The number of carbonyl (C=O) groups excluding carboxylic acids is 1. The maximum absolute atomic E-state index is 13.0. The fourth-order valence-corrected chi connectivity index (χ4v) is 4.16. The van der Waals surface area contributed by atoms with Crippen molar-refractivity contribution >= 4 is 27.8 Å². The molecule has 0 aromatic heterocycles. The monoisotopic (exact) mass is 379 g/mol. The standard InChI is InChI=1S/C18H22BrNO3/c1-17(16(22)23)9-2-4-14(17)20-15(21)18(10-3-11-18)12-5-7-13(19)8-6-12/h5-8,14H,2-4,9-11H2,1H3,(H,20,21)(H,22,23). The van der Waals surface area contributed by atoms with Crippen LogP contribution in [0, 0.1) is 5.41 Å². The molecule has 124 valence electrons. The lowest BCUT2D eigenvalue weighted by Crippen LogP contribution is -2.55. The molecule has 1 aromatic rings. The highest BCUT2D eigenvalue weighted by molar-refractivity contribution is 9.10. The Labute approximate surface area is 144 Å². The van der Waals surface area contributed by atoms with Gasteiger partial charge in [0.25, 0.3) is 0 Å². The lowest BCUT2D eigenvalue weighted by atomic mass is 9.63. The molecule has 2 saturated carbocycles. The third-order valence-electron chi connectivity index (χ3n) is 5.79. The normalized spacial score (nSPS) is 28.9. The van der Waals surface area contributed by atoms with Crippen molar-refractivity contribution in [1.82, 2.24) is 5.32 Å². The van der Waals surface area contributed by atoms with E-state index in [9.17, 15) is 14.7 Å². The second kappa shape index (κ2) is 5.93. The number of benzene rings is 1. The minimum atomic E-state index is -0.847. The summed E-state index contributed by atoms with van der Waals surface area (Å²) >= 11 is 3.43. The summed E-state index contributed by atoms with van der Waals surface area (Å²) in [7, 11) is 0. The van der Waals surface area contributed by atoms with Gasteiger partial charge in [0.1, 0.15) is 0 Å². The molecule has 2 unspecified atom stereocenters. The molecule has 4 nitrogen and oxygen atoms in total. The van der Waals surface area contributed by atoms with Crippen LogP contribution in [0.15, 0.2) is 28.7 Å².